The third-order valence-electron chi connectivity index (χ3n) is 16.0. The van der Waals surface area contributed by atoms with Gasteiger partial charge in [0.05, 0.1) is 26.4 Å². The lowest BCUT2D eigenvalue weighted by Crippen LogP contribution is -2.30. The van der Waals surface area contributed by atoms with Gasteiger partial charge in [-0.05, 0) is 148 Å². The second-order valence-electron chi connectivity index (χ2n) is 25.6. The van der Waals surface area contributed by atoms with Crippen molar-refractivity contribution >= 4 is 39.5 Å². The van der Waals surface area contributed by atoms with E-state index >= 15 is 0 Å². The fraction of sp³-hybridized carbons (Fsp3) is 0.747. The molecule has 2 unspecified atom stereocenters. The van der Waals surface area contributed by atoms with Gasteiger partial charge < -0.3 is 33.8 Å². The van der Waals surface area contributed by atoms with Gasteiger partial charge in [-0.1, -0.05) is 247 Å². The highest BCUT2D eigenvalue weighted by Gasteiger charge is 2.30. The predicted octanol–water partition coefficient (Wildman–Crippen LogP) is 22.0. The van der Waals surface area contributed by atoms with Gasteiger partial charge in [0.15, 0.2) is 12.2 Å². The smallest absolute Gasteiger partial charge is 0.462 e. The molecule has 19 heteroatoms. The molecule has 98 heavy (non-hydrogen) atoms. The maximum Gasteiger partial charge on any atom is 0.472 e. The number of carbonyl (C=O) groups is 4. The molecule has 0 aliphatic heterocycles. The molecule has 0 heterocycles. The molecule has 0 saturated heterocycles. The van der Waals surface area contributed by atoms with Gasteiger partial charge in [0.2, 0.25) is 0 Å². The molecular formula is C79H138O17P2. The number of aliphatic hydroxyl groups is 1. The molecule has 5 atom stereocenters. The number of ether oxygens (including phenoxy) is 4. The molecule has 566 valence electrons. The van der Waals surface area contributed by atoms with Crippen LogP contribution >= 0.6 is 15.6 Å². The van der Waals surface area contributed by atoms with Gasteiger partial charge in [0.25, 0.3) is 0 Å². The van der Waals surface area contributed by atoms with Crippen molar-refractivity contribution in [2.75, 3.05) is 39.6 Å². The fourth-order valence-corrected chi connectivity index (χ4v) is 11.6. The molecule has 0 saturated carbocycles. The van der Waals surface area contributed by atoms with Crippen LogP contribution in [0.15, 0.2) is 97.2 Å². The minimum Gasteiger partial charge on any atom is -0.462 e. The summed E-state index contributed by atoms with van der Waals surface area (Å²) in [5, 5.41) is 10.6. The van der Waals surface area contributed by atoms with Gasteiger partial charge in [0, 0.05) is 25.7 Å². The summed E-state index contributed by atoms with van der Waals surface area (Å²) >= 11 is 0. The topological polar surface area (TPSA) is 237 Å². The SMILES string of the molecule is CCCCC/C=C\C/C=C\C/C=C\C/C=C\CCCC(=O)O[C@H](COC(=O)CCCCCCC/C=C\C/C=C\CCCCC)COP(=O)(O)OC[C@H](O)COP(=O)(O)OC[C@@H](COC(=O)CCCCCCC/C=C\CCCCCC)OC(=O)CCCCCCC/C=C\CCCCCC. The Balaban J connectivity index is 5.41. The van der Waals surface area contributed by atoms with Gasteiger partial charge in [-0.15, -0.1) is 0 Å². The van der Waals surface area contributed by atoms with E-state index in [-0.39, 0.29) is 25.7 Å². The van der Waals surface area contributed by atoms with Crippen LogP contribution in [-0.4, -0.2) is 96.7 Å². The normalized spacial score (nSPS) is 14.5. The Kier molecular flexibility index (Phi) is 68.4. The van der Waals surface area contributed by atoms with E-state index in [0.29, 0.717) is 32.1 Å². The number of carbonyl (C=O) groups excluding carboxylic acids is 4. The number of phosphoric acid groups is 2. The molecule has 0 bridgehead atoms. The molecule has 0 aliphatic carbocycles. The Morgan fingerprint density at radius 3 is 0.837 bits per heavy atom. The summed E-state index contributed by atoms with van der Waals surface area (Å²) in [7, 11) is -9.97. The summed E-state index contributed by atoms with van der Waals surface area (Å²) < 4.78 is 68.4. The molecule has 0 rings (SSSR count). The van der Waals surface area contributed by atoms with Crippen LogP contribution in [0.25, 0.3) is 0 Å². The number of hydrogen-bond acceptors (Lipinski definition) is 15. The van der Waals surface area contributed by atoms with E-state index in [4.69, 9.17) is 37.0 Å². The van der Waals surface area contributed by atoms with E-state index in [1.54, 1.807) is 0 Å². The first-order chi connectivity index (χ1) is 47.7. The third-order valence-corrected chi connectivity index (χ3v) is 17.9. The quantitative estimate of drug-likeness (QED) is 0.0169. The molecule has 0 aromatic carbocycles. The second kappa shape index (κ2) is 71.4. The van der Waals surface area contributed by atoms with E-state index in [0.717, 1.165) is 148 Å². The summed E-state index contributed by atoms with van der Waals surface area (Å²) in [6, 6.07) is 0. The van der Waals surface area contributed by atoms with Crippen molar-refractivity contribution in [3.63, 3.8) is 0 Å². The van der Waals surface area contributed by atoms with Gasteiger partial charge in [-0.25, -0.2) is 9.13 Å². The van der Waals surface area contributed by atoms with Crippen LogP contribution in [0.2, 0.25) is 0 Å². The van der Waals surface area contributed by atoms with Crippen molar-refractivity contribution in [2.45, 2.75) is 341 Å². The highest BCUT2D eigenvalue weighted by molar-refractivity contribution is 7.47. The van der Waals surface area contributed by atoms with E-state index < -0.39 is 97.5 Å². The van der Waals surface area contributed by atoms with Crippen molar-refractivity contribution in [3.05, 3.63) is 97.2 Å². The number of hydrogen-bond donors (Lipinski definition) is 3. The second-order valence-corrected chi connectivity index (χ2v) is 28.5. The van der Waals surface area contributed by atoms with Crippen molar-refractivity contribution in [3.8, 4) is 0 Å². The summed E-state index contributed by atoms with van der Waals surface area (Å²) in [6.45, 7) is 4.71. The van der Waals surface area contributed by atoms with Crippen LogP contribution in [0.5, 0.6) is 0 Å². The van der Waals surface area contributed by atoms with Gasteiger partial charge in [-0.3, -0.25) is 37.3 Å². The van der Waals surface area contributed by atoms with E-state index in [2.05, 4.69) is 113 Å². The summed E-state index contributed by atoms with van der Waals surface area (Å²) in [5.41, 5.74) is 0. The monoisotopic (exact) mass is 1420 g/mol. The highest BCUT2D eigenvalue weighted by atomic mass is 31.2. The predicted molar refractivity (Wildman–Crippen MR) is 399 cm³/mol. The average Bonchev–Trinajstić information content (AvgIpc) is 1.02. The van der Waals surface area contributed by atoms with Crippen molar-refractivity contribution < 1.29 is 80.2 Å². The molecule has 0 aromatic rings. The van der Waals surface area contributed by atoms with E-state index in [1.165, 1.54) is 89.9 Å². The molecule has 0 fully saturated rings. The minimum atomic E-state index is -4.99. The zero-order valence-corrected chi connectivity index (χ0v) is 63.5. The zero-order chi connectivity index (χ0) is 71.8. The molecule has 0 spiro atoms. The molecule has 17 nitrogen and oxygen atoms in total. The Hall–Kier alpha value is -4.02. The van der Waals surface area contributed by atoms with E-state index in [9.17, 15) is 43.2 Å². The highest BCUT2D eigenvalue weighted by Crippen LogP contribution is 2.45. The average molecular weight is 1420 g/mol. The summed E-state index contributed by atoms with van der Waals surface area (Å²) in [4.78, 5) is 72.8. The van der Waals surface area contributed by atoms with Crippen LogP contribution in [-0.2, 0) is 65.4 Å². The van der Waals surface area contributed by atoms with Crippen molar-refractivity contribution in [2.24, 2.45) is 0 Å². The van der Waals surface area contributed by atoms with Crippen LogP contribution in [0.1, 0.15) is 323 Å². The van der Waals surface area contributed by atoms with Gasteiger partial charge in [0.1, 0.15) is 19.3 Å². The lowest BCUT2D eigenvalue weighted by Gasteiger charge is -2.21. The summed E-state index contributed by atoms with van der Waals surface area (Å²) in [6.07, 6.45) is 74.0. The lowest BCUT2D eigenvalue weighted by molar-refractivity contribution is -0.161. The Bertz CT molecular complexity index is 2240. The lowest BCUT2D eigenvalue weighted by atomic mass is 10.1. The largest absolute Gasteiger partial charge is 0.472 e. The van der Waals surface area contributed by atoms with Crippen LogP contribution in [0.4, 0.5) is 0 Å². The third kappa shape index (κ3) is 70.4. The van der Waals surface area contributed by atoms with Crippen molar-refractivity contribution in [1.82, 2.24) is 0 Å². The maximum absolute atomic E-state index is 13.1. The molecule has 0 amide bonds. The molecule has 0 aromatic heterocycles. The van der Waals surface area contributed by atoms with Crippen molar-refractivity contribution in [1.29, 1.82) is 0 Å². The summed E-state index contributed by atoms with van der Waals surface area (Å²) in [5.74, 6) is -2.26. The number of rotatable bonds is 72. The van der Waals surface area contributed by atoms with Gasteiger partial charge >= 0.3 is 39.5 Å². The first kappa shape index (κ1) is 94.0. The Morgan fingerprint density at radius 2 is 0.510 bits per heavy atom. The molecular weight excluding hydrogens is 1280 g/mol. The molecule has 0 radical (unpaired) electrons. The number of allylic oxidation sites excluding steroid dienone is 16. The first-order valence-corrected chi connectivity index (χ1v) is 41.5. The minimum absolute atomic E-state index is 0.0158. The Morgan fingerprint density at radius 1 is 0.286 bits per heavy atom. The number of phosphoric ester groups is 2. The number of unbranched alkanes of at least 4 members (excludes halogenated alkanes) is 30. The number of aliphatic hydroxyl groups excluding tert-OH is 1. The van der Waals surface area contributed by atoms with E-state index in [1.807, 2.05) is 12.2 Å². The number of esters is 4. The Labute approximate surface area is 595 Å². The molecule has 0 aliphatic rings. The standard InChI is InChI=1S/C79H138O17P2/c1-5-9-13-17-21-25-29-33-35-36-38-42-46-50-54-58-62-66-79(84)96-75(70-90-77(82)64-60-56-52-48-44-41-37-34-30-26-22-18-14-10-6-2)72-94-98(87,88)92-68-73(80)67-91-97(85,86)93-71-74(95-78(83)65-61-57-53-49-45-40-32-28-24-20-16-12-8-4)69-89-76(81)63-59-55-51-47-43-39-31-27-23-19-15-11-7-3/h21-22,25-28,31-35,37-38,42,50,54,73-75,80H,5-20,23-24,29-30,36,39-41,43-49,51-53,55-72H2,1-4H3,(H,85,86)(H,87,88)/b25-21-,26-22-,31-27-,32-28-,35-33-,37-34-,42-38-,54-50-/t73-,74-,75-/m1/s1. The van der Waals surface area contributed by atoms with Crippen LogP contribution in [0.3, 0.4) is 0 Å². The first-order valence-electron chi connectivity index (χ1n) is 38.5. The van der Waals surface area contributed by atoms with Crippen LogP contribution < -0.4 is 0 Å². The maximum atomic E-state index is 13.1. The zero-order valence-electron chi connectivity index (χ0n) is 61.7. The van der Waals surface area contributed by atoms with Crippen LogP contribution in [0, 0.1) is 0 Å². The molecule has 3 N–H and O–H groups in total. The van der Waals surface area contributed by atoms with Gasteiger partial charge in [-0.2, -0.15) is 0 Å². The fourth-order valence-electron chi connectivity index (χ4n) is 10.1.